The summed E-state index contributed by atoms with van der Waals surface area (Å²) < 4.78 is 7.22. The third kappa shape index (κ3) is 6.65. The van der Waals surface area contributed by atoms with Crippen LogP contribution in [0.2, 0.25) is 0 Å². The van der Waals surface area contributed by atoms with Gasteiger partial charge in [-0.1, -0.05) is 0 Å². The molecule has 2 saturated heterocycles. The van der Waals surface area contributed by atoms with Crippen molar-refractivity contribution in [2.45, 2.75) is 58.0 Å². The molecule has 11 nitrogen and oxygen atoms in total. The number of ether oxygens (including phenoxy) is 1. The molecule has 0 atom stereocenters. The minimum Gasteiger partial charge on any atom is -0.444 e. The van der Waals surface area contributed by atoms with Crippen molar-refractivity contribution in [1.82, 2.24) is 24.9 Å². The van der Waals surface area contributed by atoms with Gasteiger partial charge >= 0.3 is 6.09 Å². The predicted octanol–water partition coefficient (Wildman–Crippen LogP) is 3.72. The van der Waals surface area contributed by atoms with E-state index >= 15 is 0 Å². The minimum absolute atomic E-state index is 0.0111. The van der Waals surface area contributed by atoms with E-state index in [1.165, 1.54) is 25.0 Å². The number of hydrogen-bond acceptors (Lipinski definition) is 7. The van der Waals surface area contributed by atoms with E-state index in [9.17, 15) is 19.7 Å². The molecule has 4 rings (SSSR count). The van der Waals surface area contributed by atoms with Gasteiger partial charge < -0.3 is 19.9 Å². The number of aromatic nitrogens is 2. The van der Waals surface area contributed by atoms with Crippen LogP contribution in [0.3, 0.4) is 0 Å². The van der Waals surface area contributed by atoms with Gasteiger partial charge in [-0.05, 0) is 71.7 Å². The lowest BCUT2D eigenvalue weighted by molar-refractivity contribution is -0.384. The topological polar surface area (TPSA) is 123 Å². The summed E-state index contributed by atoms with van der Waals surface area (Å²) in [5.74, 6) is -0.201. The normalized spacial score (nSPS) is 17.1. The third-order valence-corrected chi connectivity index (χ3v) is 6.80. The molecule has 0 aliphatic carbocycles. The van der Waals surface area contributed by atoms with Crippen molar-refractivity contribution < 1.29 is 19.2 Å². The van der Waals surface area contributed by atoms with Crippen LogP contribution in [0.15, 0.2) is 30.5 Å². The summed E-state index contributed by atoms with van der Waals surface area (Å²) >= 11 is 0. The minimum atomic E-state index is -0.567. The maximum atomic E-state index is 13.2. The van der Waals surface area contributed by atoms with Gasteiger partial charge in [-0.3, -0.25) is 14.9 Å². The number of non-ortho nitro benzene ring substituents is 1. The quantitative estimate of drug-likeness (QED) is 0.443. The molecule has 2 aliphatic heterocycles. The molecule has 0 radical (unpaired) electrons. The molecule has 2 fully saturated rings. The number of carbonyl (C=O) groups excluding carboxylic acids is 2. The van der Waals surface area contributed by atoms with E-state index in [-0.39, 0.29) is 23.6 Å². The highest BCUT2D eigenvalue weighted by Crippen LogP contribution is 2.33. The molecule has 37 heavy (non-hydrogen) atoms. The molecule has 11 heteroatoms. The highest BCUT2D eigenvalue weighted by molar-refractivity contribution is 5.95. The van der Waals surface area contributed by atoms with Gasteiger partial charge in [-0.25, -0.2) is 9.48 Å². The molecule has 1 aromatic carbocycles. The Balaban J connectivity index is 1.53. The van der Waals surface area contributed by atoms with Gasteiger partial charge in [0.05, 0.1) is 28.1 Å². The van der Waals surface area contributed by atoms with Gasteiger partial charge in [-0.15, -0.1) is 0 Å². The molecule has 0 unspecified atom stereocenters. The SMILES string of the molecule is CC(C)(C)OC(=O)N1CCC(c2c(C(=O)NCCN3CCCC3)cnn2-c2ccc([N+](=O)[O-])cc2)CC1. The predicted molar refractivity (Wildman–Crippen MR) is 138 cm³/mol. The first-order valence-corrected chi connectivity index (χ1v) is 12.9. The van der Waals surface area contributed by atoms with Crippen LogP contribution in [0.5, 0.6) is 0 Å². The number of nitrogens with zero attached hydrogens (tertiary/aromatic N) is 5. The van der Waals surface area contributed by atoms with E-state index in [4.69, 9.17) is 4.74 Å². The standard InChI is InChI=1S/C26H36N6O5/c1-26(2,3)37-25(34)30-15-10-19(11-16-30)23-22(24(33)27-12-17-29-13-4-5-14-29)18-28-31(23)20-6-8-21(9-7-20)32(35)36/h6-9,18-19H,4-5,10-17H2,1-3H3,(H,27,33). The smallest absolute Gasteiger partial charge is 0.410 e. The zero-order valence-electron chi connectivity index (χ0n) is 21.8. The fourth-order valence-corrected chi connectivity index (χ4v) is 4.94. The molecule has 0 spiro atoms. The Labute approximate surface area is 216 Å². The number of nitrogens with one attached hydrogen (secondary N) is 1. The highest BCUT2D eigenvalue weighted by atomic mass is 16.6. The Morgan fingerprint density at radius 3 is 2.35 bits per heavy atom. The second kappa shape index (κ2) is 11.3. The molecule has 0 saturated carbocycles. The molecule has 0 bridgehead atoms. The van der Waals surface area contributed by atoms with Gasteiger partial charge in [0.15, 0.2) is 0 Å². The first-order chi connectivity index (χ1) is 17.6. The summed E-state index contributed by atoms with van der Waals surface area (Å²) in [4.78, 5) is 40.5. The van der Waals surface area contributed by atoms with Crippen LogP contribution in [0.25, 0.3) is 5.69 Å². The second-order valence-electron chi connectivity index (χ2n) is 10.7. The van der Waals surface area contributed by atoms with Crippen molar-refractivity contribution in [3.05, 3.63) is 51.8 Å². The van der Waals surface area contributed by atoms with Crippen molar-refractivity contribution in [2.75, 3.05) is 39.3 Å². The largest absolute Gasteiger partial charge is 0.444 e. The molecular formula is C26H36N6O5. The van der Waals surface area contributed by atoms with Crippen molar-refractivity contribution in [1.29, 1.82) is 0 Å². The summed E-state index contributed by atoms with van der Waals surface area (Å²) in [6.45, 7) is 10.0. The average Bonchev–Trinajstić information content (AvgIpc) is 3.53. The number of likely N-dealkylation sites (tertiary alicyclic amines) is 2. The summed E-state index contributed by atoms with van der Waals surface area (Å²) in [6.07, 6.45) is 4.92. The highest BCUT2D eigenvalue weighted by Gasteiger charge is 2.32. The fraction of sp³-hybridized carbons (Fsp3) is 0.577. The van der Waals surface area contributed by atoms with Crippen LogP contribution in [0, 0.1) is 10.1 Å². The van der Waals surface area contributed by atoms with Crippen LogP contribution in [0.4, 0.5) is 10.5 Å². The molecule has 3 heterocycles. The van der Waals surface area contributed by atoms with E-state index in [0.29, 0.717) is 43.7 Å². The molecule has 1 aromatic heterocycles. The van der Waals surface area contributed by atoms with Crippen molar-refractivity contribution >= 4 is 17.7 Å². The number of nitro groups is 1. The second-order valence-corrected chi connectivity index (χ2v) is 10.7. The fourth-order valence-electron chi connectivity index (χ4n) is 4.94. The van der Waals surface area contributed by atoms with E-state index in [1.807, 2.05) is 20.8 Å². The lowest BCUT2D eigenvalue weighted by Crippen LogP contribution is -2.41. The molecular weight excluding hydrogens is 476 g/mol. The summed E-state index contributed by atoms with van der Waals surface area (Å²) in [7, 11) is 0. The third-order valence-electron chi connectivity index (χ3n) is 6.80. The Morgan fingerprint density at radius 2 is 1.76 bits per heavy atom. The lowest BCUT2D eigenvalue weighted by Gasteiger charge is -2.34. The Morgan fingerprint density at radius 1 is 1.11 bits per heavy atom. The molecule has 2 amide bonds. The molecule has 200 valence electrons. The van der Waals surface area contributed by atoms with Gasteiger partial charge in [0.2, 0.25) is 0 Å². The van der Waals surface area contributed by atoms with E-state index in [0.717, 1.165) is 25.3 Å². The van der Waals surface area contributed by atoms with E-state index in [1.54, 1.807) is 27.9 Å². The number of amides is 2. The maximum absolute atomic E-state index is 13.2. The number of benzene rings is 1. The van der Waals surface area contributed by atoms with Crippen LogP contribution in [0.1, 0.15) is 68.4 Å². The number of piperidine rings is 1. The van der Waals surface area contributed by atoms with Crippen molar-refractivity contribution in [3.63, 3.8) is 0 Å². The zero-order chi connectivity index (χ0) is 26.6. The van der Waals surface area contributed by atoms with E-state index in [2.05, 4.69) is 15.3 Å². The number of rotatable bonds is 7. The van der Waals surface area contributed by atoms with Gasteiger partial charge in [0, 0.05) is 44.2 Å². The first-order valence-electron chi connectivity index (χ1n) is 12.9. The first kappa shape index (κ1) is 26.6. The number of hydrogen-bond donors (Lipinski definition) is 1. The number of carbonyl (C=O) groups is 2. The van der Waals surface area contributed by atoms with Crippen molar-refractivity contribution in [2.24, 2.45) is 0 Å². The van der Waals surface area contributed by atoms with Crippen LogP contribution in [-0.4, -0.2) is 81.4 Å². The van der Waals surface area contributed by atoms with Gasteiger partial charge in [0.1, 0.15) is 5.60 Å². The molecule has 2 aromatic rings. The lowest BCUT2D eigenvalue weighted by atomic mass is 9.91. The summed E-state index contributed by atoms with van der Waals surface area (Å²) in [6, 6.07) is 6.14. The molecule has 2 aliphatic rings. The number of nitro benzene ring substituents is 1. The zero-order valence-corrected chi connectivity index (χ0v) is 21.8. The Bertz CT molecular complexity index is 1110. The maximum Gasteiger partial charge on any atom is 0.410 e. The van der Waals surface area contributed by atoms with E-state index < -0.39 is 10.5 Å². The van der Waals surface area contributed by atoms with Gasteiger partial charge in [-0.2, -0.15) is 5.10 Å². The Hall–Kier alpha value is -3.47. The van der Waals surface area contributed by atoms with Crippen LogP contribution < -0.4 is 5.32 Å². The van der Waals surface area contributed by atoms with Crippen LogP contribution >= 0.6 is 0 Å². The molecule has 1 N–H and O–H groups in total. The summed E-state index contributed by atoms with van der Waals surface area (Å²) in [5, 5.41) is 18.7. The monoisotopic (exact) mass is 512 g/mol. The van der Waals surface area contributed by atoms with Crippen LogP contribution in [-0.2, 0) is 4.74 Å². The summed E-state index contributed by atoms with van der Waals surface area (Å²) in [5.41, 5.74) is 1.32. The van der Waals surface area contributed by atoms with Gasteiger partial charge in [0.25, 0.3) is 11.6 Å². The Kier molecular flexibility index (Phi) is 8.11. The van der Waals surface area contributed by atoms with Crippen molar-refractivity contribution in [3.8, 4) is 5.69 Å². The average molecular weight is 513 g/mol.